The molecule has 0 aliphatic carbocycles. The number of hydrogen-bond acceptors (Lipinski definition) is 6. The van der Waals surface area contributed by atoms with Crippen LogP contribution in [0.25, 0.3) is 0 Å². The summed E-state index contributed by atoms with van der Waals surface area (Å²) in [6.45, 7) is 2.28. The van der Waals surface area contributed by atoms with Gasteiger partial charge >= 0.3 is 0 Å². The minimum absolute atomic E-state index is 0.0550. The van der Waals surface area contributed by atoms with Crippen molar-refractivity contribution in [2.45, 2.75) is 35.2 Å². The van der Waals surface area contributed by atoms with Crippen LogP contribution in [0.2, 0.25) is 0 Å². The van der Waals surface area contributed by atoms with Crippen LogP contribution in [0.5, 0.6) is 23.0 Å². The summed E-state index contributed by atoms with van der Waals surface area (Å²) in [7, 11) is 0. The van der Waals surface area contributed by atoms with E-state index >= 15 is 0 Å². The molecule has 3 unspecified atom stereocenters. The Kier molecular flexibility index (Phi) is 6.83. The van der Waals surface area contributed by atoms with E-state index in [1.54, 1.807) is 42.1 Å². The largest absolute Gasteiger partial charge is 0.508 e. The van der Waals surface area contributed by atoms with Crippen LogP contribution in [0.3, 0.4) is 0 Å². The van der Waals surface area contributed by atoms with Gasteiger partial charge in [-0.15, -0.1) is 11.8 Å². The molecular weight excluding hydrogens is 453 g/mol. The van der Waals surface area contributed by atoms with Gasteiger partial charge in [-0.2, -0.15) is 0 Å². The zero-order valence-corrected chi connectivity index (χ0v) is 19.6. The van der Waals surface area contributed by atoms with E-state index < -0.39 is 0 Å². The molecule has 1 saturated heterocycles. The van der Waals surface area contributed by atoms with Crippen molar-refractivity contribution in [3.05, 3.63) is 77.9 Å². The highest BCUT2D eigenvalue weighted by molar-refractivity contribution is 7.99. The highest BCUT2D eigenvalue weighted by atomic mass is 32.2. The third-order valence-electron chi connectivity index (χ3n) is 6.28. The van der Waals surface area contributed by atoms with Crippen molar-refractivity contribution in [2.24, 2.45) is 0 Å². The van der Waals surface area contributed by atoms with E-state index in [1.807, 2.05) is 36.4 Å². The van der Waals surface area contributed by atoms with Gasteiger partial charge in [0.15, 0.2) is 0 Å². The number of fused-ring (bicyclic) bond motifs is 1. The molecule has 3 aromatic rings. The van der Waals surface area contributed by atoms with Crippen LogP contribution >= 0.6 is 11.8 Å². The molecule has 0 saturated carbocycles. The molecule has 5 nitrogen and oxygen atoms in total. The molecule has 0 radical (unpaired) electrons. The maximum Gasteiger partial charge on any atom is 0.140 e. The predicted octanol–water partition coefficient (Wildman–Crippen LogP) is 5.88. The first-order chi connectivity index (χ1) is 16.6. The van der Waals surface area contributed by atoms with E-state index in [0.29, 0.717) is 6.42 Å². The van der Waals surface area contributed by atoms with Crippen LogP contribution in [0, 0.1) is 0 Å². The Labute approximate surface area is 203 Å². The summed E-state index contributed by atoms with van der Waals surface area (Å²) in [5.41, 5.74) is 2.05. The van der Waals surface area contributed by atoms with Gasteiger partial charge in [-0.25, -0.2) is 0 Å². The van der Waals surface area contributed by atoms with Crippen LogP contribution in [0.4, 0.5) is 4.39 Å². The molecule has 0 spiro atoms. The van der Waals surface area contributed by atoms with Gasteiger partial charge in [0.2, 0.25) is 0 Å². The normalized spacial score (nSPS) is 22.2. The van der Waals surface area contributed by atoms with Gasteiger partial charge in [0.25, 0.3) is 0 Å². The SMILES string of the molecule is Oc1ccc(C2Sc3cc(O)ccc3OC2c2ccc(OC3CCN(CCCF)C3)cc2)cc1. The second-order valence-corrected chi connectivity index (χ2v) is 9.92. The van der Waals surface area contributed by atoms with Crippen LogP contribution in [-0.4, -0.2) is 47.5 Å². The van der Waals surface area contributed by atoms with E-state index in [2.05, 4.69) is 4.90 Å². The molecule has 178 valence electrons. The fourth-order valence-corrected chi connectivity index (χ4v) is 5.87. The number of alkyl halides is 1. The maximum absolute atomic E-state index is 12.4. The molecule has 3 aromatic carbocycles. The fourth-order valence-electron chi connectivity index (χ4n) is 4.54. The molecule has 7 heteroatoms. The topological polar surface area (TPSA) is 62.2 Å². The third kappa shape index (κ3) is 5.10. The molecule has 0 amide bonds. The summed E-state index contributed by atoms with van der Waals surface area (Å²) in [5, 5.41) is 19.6. The van der Waals surface area contributed by atoms with Gasteiger partial charge in [0.05, 0.1) is 16.8 Å². The van der Waals surface area contributed by atoms with E-state index in [-0.39, 0.29) is 35.6 Å². The van der Waals surface area contributed by atoms with Crippen molar-refractivity contribution < 1.29 is 24.1 Å². The lowest BCUT2D eigenvalue weighted by atomic mass is 10.00. The van der Waals surface area contributed by atoms with Crippen molar-refractivity contribution >= 4 is 11.8 Å². The summed E-state index contributed by atoms with van der Waals surface area (Å²) in [4.78, 5) is 3.14. The average molecular weight is 482 g/mol. The number of aromatic hydroxyl groups is 2. The number of phenols is 2. The Morgan fingerprint density at radius 1 is 0.971 bits per heavy atom. The molecule has 2 N–H and O–H groups in total. The van der Waals surface area contributed by atoms with Crippen LogP contribution < -0.4 is 9.47 Å². The molecule has 2 heterocycles. The van der Waals surface area contributed by atoms with Crippen LogP contribution in [0.15, 0.2) is 71.6 Å². The molecule has 34 heavy (non-hydrogen) atoms. The number of phenolic OH excluding ortho intramolecular Hbond substituents is 2. The Bertz CT molecular complexity index is 1110. The van der Waals surface area contributed by atoms with Gasteiger partial charge in [0, 0.05) is 19.6 Å². The lowest BCUT2D eigenvalue weighted by Crippen LogP contribution is -2.26. The lowest BCUT2D eigenvalue weighted by molar-refractivity contribution is 0.189. The Balaban J connectivity index is 1.34. The molecule has 5 rings (SSSR count). The number of thioether (sulfide) groups is 1. The summed E-state index contributed by atoms with van der Waals surface area (Å²) < 4.78 is 25.1. The first-order valence-electron chi connectivity index (χ1n) is 11.6. The predicted molar refractivity (Wildman–Crippen MR) is 131 cm³/mol. The quantitative estimate of drug-likeness (QED) is 0.440. The summed E-state index contributed by atoms with van der Waals surface area (Å²) in [6.07, 6.45) is 1.40. The first-order valence-corrected chi connectivity index (χ1v) is 12.5. The Morgan fingerprint density at radius 2 is 1.71 bits per heavy atom. The van der Waals surface area contributed by atoms with Crippen LogP contribution in [0.1, 0.15) is 35.3 Å². The molecule has 2 aliphatic heterocycles. The van der Waals surface area contributed by atoms with Crippen molar-refractivity contribution in [3.63, 3.8) is 0 Å². The standard InChI is InChI=1S/C27H28FNO4S/c28-13-1-14-29-15-12-23(17-29)32-22-9-4-18(5-10-22)26-27(19-2-6-20(30)7-3-19)34-25-16-21(31)8-11-24(25)33-26/h2-11,16,23,26-27,30-31H,1,12-15,17H2. The van der Waals surface area contributed by atoms with Gasteiger partial charge in [-0.3, -0.25) is 9.29 Å². The summed E-state index contributed by atoms with van der Waals surface area (Å²) in [5.74, 6) is 1.98. The minimum atomic E-state index is -0.276. The fraction of sp³-hybridized carbons (Fsp3) is 0.333. The zero-order valence-electron chi connectivity index (χ0n) is 18.8. The number of ether oxygens (including phenoxy) is 2. The van der Waals surface area contributed by atoms with Gasteiger partial charge < -0.3 is 19.7 Å². The number of rotatable bonds is 7. The van der Waals surface area contributed by atoms with E-state index in [9.17, 15) is 14.6 Å². The maximum atomic E-state index is 12.4. The highest BCUT2D eigenvalue weighted by Gasteiger charge is 2.34. The molecule has 1 fully saturated rings. The van der Waals surface area contributed by atoms with E-state index in [1.165, 1.54) is 0 Å². The molecule has 0 aromatic heterocycles. The number of halogens is 1. The van der Waals surface area contributed by atoms with Crippen LogP contribution in [-0.2, 0) is 0 Å². The molecular formula is C27H28FNO4S. The van der Waals surface area contributed by atoms with Crippen molar-refractivity contribution in [1.29, 1.82) is 0 Å². The zero-order chi connectivity index (χ0) is 23.5. The second-order valence-electron chi connectivity index (χ2n) is 8.74. The molecule has 3 atom stereocenters. The second kappa shape index (κ2) is 10.2. The smallest absolute Gasteiger partial charge is 0.140 e. The number of likely N-dealkylation sites (tertiary alicyclic amines) is 1. The van der Waals surface area contributed by atoms with Gasteiger partial charge in [-0.05, 0) is 66.4 Å². The third-order valence-corrected chi connectivity index (χ3v) is 7.63. The Hall–Kier alpha value is -2.90. The molecule has 2 aliphatic rings. The summed E-state index contributed by atoms with van der Waals surface area (Å²) in [6, 6.07) is 20.4. The lowest BCUT2D eigenvalue weighted by Gasteiger charge is -2.34. The van der Waals surface area contributed by atoms with Gasteiger partial charge in [-0.1, -0.05) is 24.3 Å². The first kappa shape index (κ1) is 22.9. The van der Waals surface area contributed by atoms with Crippen molar-refractivity contribution in [1.82, 2.24) is 4.90 Å². The van der Waals surface area contributed by atoms with Gasteiger partial charge in [0.1, 0.15) is 35.2 Å². The highest BCUT2D eigenvalue weighted by Crippen LogP contribution is 2.54. The monoisotopic (exact) mass is 481 g/mol. The number of nitrogens with zero attached hydrogens (tertiary/aromatic N) is 1. The van der Waals surface area contributed by atoms with Crippen molar-refractivity contribution in [2.75, 3.05) is 26.3 Å². The van der Waals surface area contributed by atoms with E-state index in [4.69, 9.17) is 9.47 Å². The molecule has 0 bridgehead atoms. The van der Waals surface area contributed by atoms with E-state index in [0.717, 1.165) is 53.6 Å². The van der Waals surface area contributed by atoms with Crippen molar-refractivity contribution in [3.8, 4) is 23.0 Å². The average Bonchev–Trinajstić information content (AvgIpc) is 3.30. The minimum Gasteiger partial charge on any atom is -0.508 e. The number of hydrogen-bond donors (Lipinski definition) is 2. The Morgan fingerprint density at radius 3 is 2.47 bits per heavy atom. The number of benzene rings is 3. The summed E-state index contributed by atoms with van der Waals surface area (Å²) >= 11 is 1.64.